The third kappa shape index (κ3) is 2.79. The van der Waals surface area contributed by atoms with E-state index in [4.69, 9.17) is 26.5 Å². The Morgan fingerprint density at radius 1 is 1.19 bits per heavy atom. The van der Waals surface area contributed by atoms with Gasteiger partial charge < -0.3 is 14.9 Å². The zero-order chi connectivity index (χ0) is 15.0. The summed E-state index contributed by atoms with van der Waals surface area (Å²) in [5, 5.41) is 1.48. The number of benzene rings is 2. The van der Waals surface area contributed by atoms with Gasteiger partial charge in [0.25, 0.3) is 0 Å². The second-order valence-corrected chi connectivity index (χ2v) is 6.06. The van der Waals surface area contributed by atoms with E-state index in [0.717, 1.165) is 15.4 Å². The van der Waals surface area contributed by atoms with E-state index in [1.54, 1.807) is 13.2 Å². The van der Waals surface area contributed by atoms with Crippen molar-refractivity contribution in [3.05, 3.63) is 63.3 Å². The van der Waals surface area contributed by atoms with Crippen molar-refractivity contribution in [3.8, 4) is 5.75 Å². The number of hydrogen-bond acceptors (Lipinski definition) is 3. The SMILES string of the molecule is COc1cc(Cl)cc2cc(C(N)c3ccc(Br)cc3)oc12. The van der Waals surface area contributed by atoms with Crippen LogP contribution >= 0.6 is 27.5 Å². The summed E-state index contributed by atoms with van der Waals surface area (Å²) in [5.41, 5.74) is 7.91. The van der Waals surface area contributed by atoms with E-state index < -0.39 is 0 Å². The normalized spacial score (nSPS) is 12.6. The molecule has 1 heterocycles. The predicted octanol–water partition coefficient (Wildman–Crippen LogP) is 4.91. The Hall–Kier alpha value is -1.49. The lowest BCUT2D eigenvalue weighted by molar-refractivity contribution is 0.406. The molecule has 0 saturated heterocycles. The lowest BCUT2D eigenvalue weighted by atomic mass is 10.1. The molecule has 3 aromatic rings. The molecule has 0 radical (unpaired) electrons. The molecule has 0 aliphatic heterocycles. The van der Waals surface area contributed by atoms with Crippen LogP contribution in [0.1, 0.15) is 17.4 Å². The minimum atomic E-state index is -0.339. The molecule has 108 valence electrons. The highest BCUT2D eigenvalue weighted by molar-refractivity contribution is 9.10. The first-order chi connectivity index (χ1) is 10.1. The van der Waals surface area contributed by atoms with Crippen LogP contribution in [0.2, 0.25) is 5.02 Å². The quantitative estimate of drug-likeness (QED) is 0.717. The summed E-state index contributed by atoms with van der Waals surface area (Å²) < 4.78 is 12.2. The molecule has 0 amide bonds. The van der Waals surface area contributed by atoms with E-state index in [2.05, 4.69) is 15.9 Å². The van der Waals surface area contributed by atoms with Crippen LogP contribution in [0.5, 0.6) is 5.75 Å². The van der Waals surface area contributed by atoms with Crippen LogP contribution in [0.3, 0.4) is 0 Å². The summed E-state index contributed by atoms with van der Waals surface area (Å²) >= 11 is 9.48. The summed E-state index contributed by atoms with van der Waals surface area (Å²) in [5.74, 6) is 1.28. The fourth-order valence-electron chi connectivity index (χ4n) is 2.25. The van der Waals surface area contributed by atoms with Gasteiger partial charge in [-0.15, -0.1) is 0 Å². The van der Waals surface area contributed by atoms with Crippen molar-refractivity contribution >= 4 is 38.5 Å². The van der Waals surface area contributed by atoms with Gasteiger partial charge in [0.2, 0.25) is 0 Å². The highest BCUT2D eigenvalue weighted by Gasteiger charge is 2.17. The van der Waals surface area contributed by atoms with Crippen LogP contribution in [-0.2, 0) is 0 Å². The van der Waals surface area contributed by atoms with Crippen molar-refractivity contribution < 1.29 is 9.15 Å². The van der Waals surface area contributed by atoms with E-state index >= 15 is 0 Å². The van der Waals surface area contributed by atoms with E-state index in [1.807, 2.05) is 36.4 Å². The molecule has 3 nitrogen and oxygen atoms in total. The fraction of sp³-hybridized carbons (Fsp3) is 0.125. The molecule has 2 N–H and O–H groups in total. The van der Waals surface area contributed by atoms with Gasteiger partial charge in [-0.3, -0.25) is 0 Å². The van der Waals surface area contributed by atoms with Crippen LogP contribution < -0.4 is 10.5 Å². The average molecular weight is 367 g/mol. The van der Waals surface area contributed by atoms with Crippen molar-refractivity contribution in [1.29, 1.82) is 0 Å². The molecule has 0 saturated carbocycles. The van der Waals surface area contributed by atoms with Crippen LogP contribution in [0, 0.1) is 0 Å². The van der Waals surface area contributed by atoms with Crippen LogP contribution in [0.25, 0.3) is 11.0 Å². The van der Waals surface area contributed by atoms with Gasteiger partial charge in [0.1, 0.15) is 5.76 Å². The van der Waals surface area contributed by atoms with Crippen LogP contribution in [0.15, 0.2) is 51.4 Å². The predicted molar refractivity (Wildman–Crippen MR) is 87.9 cm³/mol. The van der Waals surface area contributed by atoms with E-state index in [-0.39, 0.29) is 6.04 Å². The van der Waals surface area contributed by atoms with Gasteiger partial charge in [-0.1, -0.05) is 39.7 Å². The summed E-state index contributed by atoms with van der Waals surface area (Å²) in [6.07, 6.45) is 0. The lowest BCUT2D eigenvalue weighted by Gasteiger charge is -2.08. The Labute approximate surface area is 135 Å². The molecule has 2 aromatic carbocycles. The molecule has 21 heavy (non-hydrogen) atoms. The molecule has 0 bridgehead atoms. The zero-order valence-electron chi connectivity index (χ0n) is 11.3. The second-order valence-electron chi connectivity index (χ2n) is 4.70. The smallest absolute Gasteiger partial charge is 0.176 e. The third-order valence-electron chi connectivity index (χ3n) is 3.32. The van der Waals surface area contributed by atoms with Gasteiger partial charge >= 0.3 is 0 Å². The Balaban J connectivity index is 2.06. The highest BCUT2D eigenvalue weighted by Crippen LogP contribution is 2.35. The van der Waals surface area contributed by atoms with Gasteiger partial charge in [-0.2, -0.15) is 0 Å². The van der Waals surface area contributed by atoms with Crippen molar-refractivity contribution in [2.75, 3.05) is 7.11 Å². The number of halogens is 2. The number of nitrogens with two attached hydrogens (primary N) is 1. The monoisotopic (exact) mass is 365 g/mol. The molecular formula is C16H13BrClNO2. The minimum Gasteiger partial charge on any atom is -0.493 e. The first kappa shape index (κ1) is 14.4. The summed E-state index contributed by atoms with van der Waals surface area (Å²) in [6, 6.07) is 13.0. The topological polar surface area (TPSA) is 48.4 Å². The maximum Gasteiger partial charge on any atom is 0.176 e. The Kier molecular flexibility index (Phi) is 3.93. The number of rotatable bonds is 3. The third-order valence-corrected chi connectivity index (χ3v) is 4.07. The minimum absolute atomic E-state index is 0.339. The van der Waals surface area contributed by atoms with Crippen LogP contribution in [0.4, 0.5) is 0 Å². The molecule has 0 aliphatic carbocycles. The van der Waals surface area contributed by atoms with Crippen molar-refractivity contribution in [2.45, 2.75) is 6.04 Å². The lowest BCUT2D eigenvalue weighted by Crippen LogP contribution is -2.10. The van der Waals surface area contributed by atoms with Gasteiger partial charge in [-0.25, -0.2) is 0 Å². The van der Waals surface area contributed by atoms with Crippen LogP contribution in [-0.4, -0.2) is 7.11 Å². The van der Waals surface area contributed by atoms with E-state index in [1.165, 1.54) is 0 Å². The summed E-state index contributed by atoms with van der Waals surface area (Å²) in [4.78, 5) is 0. The Bertz CT molecular complexity index is 783. The maximum atomic E-state index is 6.28. The number of fused-ring (bicyclic) bond motifs is 1. The molecule has 0 spiro atoms. The number of hydrogen-bond donors (Lipinski definition) is 1. The largest absolute Gasteiger partial charge is 0.493 e. The van der Waals surface area contributed by atoms with Crippen molar-refractivity contribution in [2.24, 2.45) is 5.73 Å². The molecule has 5 heteroatoms. The zero-order valence-corrected chi connectivity index (χ0v) is 13.6. The van der Waals surface area contributed by atoms with E-state index in [9.17, 15) is 0 Å². The molecule has 0 aliphatic rings. The summed E-state index contributed by atoms with van der Waals surface area (Å²) in [7, 11) is 1.59. The Morgan fingerprint density at radius 3 is 2.57 bits per heavy atom. The first-order valence-corrected chi connectivity index (χ1v) is 7.53. The molecule has 3 rings (SSSR count). The maximum absolute atomic E-state index is 6.28. The van der Waals surface area contributed by atoms with E-state index in [0.29, 0.717) is 22.1 Å². The second kappa shape index (κ2) is 5.72. The molecule has 1 unspecified atom stereocenters. The fourth-order valence-corrected chi connectivity index (χ4v) is 2.73. The standard InChI is InChI=1S/C16H13BrClNO2/c1-20-14-8-12(18)6-10-7-13(21-16(10)14)15(19)9-2-4-11(17)5-3-9/h2-8,15H,19H2,1H3. The molecule has 1 aromatic heterocycles. The molecular weight excluding hydrogens is 354 g/mol. The van der Waals surface area contributed by atoms with Crippen molar-refractivity contribution in [1.82, 2.24) is 0 Å². The molecule has 0 fully saturated rings. The van der Waals surface area contributed by atoms with Gasteiger partial charge in [0, 0.05) is 20.9 Å². The van der Waals surface area contributed by atoms with Gasteiger partial charge in [0.05, 0.1) is 13.2 Å². The summed E-state index contributed by atoms with van der Waals surface area (Å²) in [6.45, 7) is 0. The average Bonchev–Trinajstić information content (AvgIpc) is 2.90. The highest BCUT2D eigenvalue weighted by atomic mass is 79.9. The van der Waals surface area contributed by atoms with Gasteiger partial charge in [-0.05, 0) is 29.8 Å². The number of furan rings is 1. The molecule has 1 atom stereocenters. The van der Waals surface area contributed by atoms with Crippen molar-refractivity contribution in [3.63, 3.8) is 0 Å². The first-order valence-electron chi connectivity index (χ1n) is 6.36. The van der Waals surface area contributed by atoms with Gasteiger partial charge in [0.15, 0.2) is 11.3 Å². The number of ether oxygens (including phenoxy) is 1. The number of methoxy groups -OCH3 is 1. The Morgan fingerprint density at radius 2 is 1.90 bits per heavy atom.